The van der Waals surface area contributed by atoms with Crippen molar-refractivity contribution in [1.29, 1.82) is 0 Å². The molecule has 0 bridgehead atoms. The summed E-state index contributed by atoms with van der Waals surface area (Å²) in [4.78, 5) is 20.1. The summed E-state index contributed by atoms with van der Waals surface area (Å²) in [6, 6.07) is 8.15. The molecule has 0 saturated heterocycles. The van der Waals surface area contributed by atoms with Gasteiger partial charge in [-0.2, -0.15) is 0 Å². The number of carbonyl (C=O) groups is 1. The van der Waals surface area contributed by atoms with Gasteiger partial charge in [-0.05, 0) is 36.4 Å². The molecule has 1 saturated carbocycles. The highest BCUT2D eigenvalue weighted by Crippen LogP contribution is 2.30. The Labute approximate surface area is 122 Å². The van der Waals surface area contributed by atoms with Gasteiger partial charge in [0.05, 0.1) is 6.54 Å². The molecule has 0 atom stereocenters. The van der Waals surface area contributed by atoms with E-state index in [4.69, 9.17) is 0 Å². The smallest absolute Gasteiger partial charge is 0.273 e. The molecule has 0 radical (unpaired) electrons. The molecular weight excluding hydrogens is 270 g/mol. The first kappa shape index (κ1) is 13.1. The van der Waals surface area contributed by atoms with Crippen LogP contribution in [0.4, 0.5) is 5.69 Å². The van der Waals surface area contributed by atoms with E-state index in [9.17, 15) is 4.79 Å². The van der Waals surface area contributed by atoms with E-state index in [2.05, 4.69) is 16.4 Å². The van der Waals surface area contributed by atoms with Crippen LogP contribution in [0.5, 0.6) is 0 Å². The summed E-state index contributed by atoms with van der Waals surface area (Å²) < 4.78 is 0. The maximum Gasteiger partial charge on any atom is 0.273 e. The van der Waals surface area contributed by atoms with Crippen molar-refractivity contribution in [2.75, 3.05) is 12.4 Å². The third kappa shape index (κ3) is 2.82. The van der Waals surface area contributed by atoms with Crippen LogP contribution in [-0.2, 0) is 6.54 Å². The number of pyridine rings is 1. The number of amides is 1. The summed E-state index contributed by atoms with van der Waals surface area (Å²) in [7, 11) is 1.84. The molecule has 2 heterocycles. The van der Waals surface area contributed by atoms with Crippen LogP contribution in [0.1, 0.15) is 28.2 Å². The highest BCUT2D eigenvalue weighted by Gasteiger charge is 2.33. The maximum absolute atomic E-state index is 12.7. The van der Waals surface area contributed by atoms with Crippen molar-refractivity contribution >= 4 is 22.9 Å². The predicted molar refractivity (Wildman–Crippen MR) is 81.0 cm³/mol. The molecule has 1 aliphatic rings. The maximum atomic E-state index is 12.7. The first-order chi connectivity index (χ1) is 9.78. The van der Waals surface area contributed by atoms with E-state index in [1.807, 2.05) is 35.5 Å². The average Bonchev–Trinajstić information content (AvgIpc) is 3.20. The van der Waals surface area contributed by atoms with Crippen LogP contribution >= 0.6 is 11.3 Å². The van der Waals surface area contributed by atoms with E-state index in [-0.39, 0.29) is 5.91 Å². The normalized spacial score (nSPS) is 14.1. The van der Waals surface area contributed by atoms with Crippen molar-refractivity contribution in [2.45, 2.75) is 25.4 Å². The first-order valence-corrected chi connectivity index (χ1v) is 7.63. The van der Waals surface area contributed by atoms with Crippen LogP contribution in [0.25, 0.3) is 0 Å². The molecule has 1 N–H and O–H groups in total. The second kappa shape index (κ2) is 5.63. The van der Waals surface area contributed by atoms with Gasteiger partial charge in [-0.1, -0.05) is 6.07 Å². The molecule has 1 aliphatic carbocycles. The molecule has 104 valence electrons. The van der Waals surface area contributed by atoms with Crippen molar-refractivity contribution < 1.29 is 4.79 Å². The molecule has 1 fully saturated rings. The zero-order chi connectivity index (χ0) is 13.9. The summed E-state index contributed by atoms with van der Waals surface area (Å²) in [5.41, 5.74) is 1.43. The zero-order valence-electron chi connectivity index (χ0n) is 11.4. The molecule has 2 aromatic rings. The summed E-state index contributed by atoms with van der Waals surface area (Å²) in [5, 5.41) is 5.09. The molecule has 1 amide bonds. The second-order valence-corrected chi connectivity index (χ2v) is 5.96. The summed E-state index contributed by atoms with van der Waals surface area (Å²) >= 11 is 1.69. The van der Waals surface area contributed by atoms with Crippen LogP contribution in [0, 0.1) is 0 Å². The van der Waals surface area contributed by atoms with Gasteiger partial charge in [0.1, 0.15) is 5.69 Å². The number of aromatic nitrogens is 1. The fourth-order valence-corrected chi connectivity index (χ4v) is 2.88. The highest BCUT2D eigenvalue weighted by atomic mass is 32.1. The lowest BCUT2D eigenvalue weighted by atomic mass is 10.2. The molecule has 4 nitrogen and oxygen atoms in total. The lowest BCUT2D eigenvalue weighted by Gasteiger charge is -2.21. The number of nitrogens with one attached hydrogen (secondary N) is 1. The number of anilines is 1. The van der Waals surface area contributed by atoms with E-state index < -0.39 is 0 Å². The minimum absolute atomic E-state index is 0.0259. The van der Waals surface area contributed by atoms with E-state index in [0.29, 0.717) is 18.3 Å². The van der Waals surface area contributed by atoms with E-state index >= 15 is 0 Å². The lowest BCUT2D eigenvalue weighted by molar-refractivity contribution is 0.0726. The Bertz CT molecular complexity index is 593. The van der Waals surface area contributed by atoms with Gasteiger partial charge in [0.15, 0.2) is 0 Å². The molecule has 0 unspecified atom stereocenters. The highest BCUT2D eigenvalue weighted by molar-refractivity contribution is 7.09. The minimum atomic E-state index is 0.0259. The van der Waals surface area contributed by atoms with Crippen molar-refractivity contribution in [3.8, 4) is 0 Å². The molecule has 2 aromatic heterocycles. The van der Waals surface area contributed by atoms with Gasteiger partial charge in [-0.3, -0.25) is 9.78 Å². The average molecular weight is 287 g/mol. The summed E-state index contributed by atoms with van der Waals surface area (Å²) in [6.07, 6.45) is 3.88. The van der Waals surface area contributed by atoms with E-state index in [0.717, 1.165) is 18.5 Å². The number of rotatable bonds is 5. The van der Waals surface area contributed by atoms with E-state index in [1.54, 1.807) is 17.5 Å². The summed E-state index contributed by atoms with van der Waals surface area (Å²) in [5.74, 6) is 0.0259. The van der Waals surface area contributed by atoms with Crippen LogP contribution in [0.2, 0.25) is 0 Å². The van der Waals surface area contributed by atoms with Gasteiger partial charge in [-0.15, -0.1) is 11.3 Å². The zero-order valence-corrected chi connectivity index (χ0v) is 12.2. The number of nitrogens with zero attached hydrogens (tertiary/aromatic N) is 2. The van der Waals surface area contributed by atoms with Gasteiger partial charge in [0.2, 0.25) is 0 Å². The van der Waals surface area contributed by atoms with Gasteiger partial charge < -0.3 is 10.2 Å². The standard InChI is InChI=1S/C15H17N3OS/c1-16-11-6-7-17-14(9-11)15(19)18(12-4-5-12)10-13-3-2-8-20-13/h2-3,6-9,12H,4-5,10H2,1H3,(H,16,17). The Balaban J connectivity index is 1.81. The third-order valence-corrected chi connectivity index (χ3v) is 4.28. The Kier molecular flexibility index (Phi) is 3.69. The monoisotopic (exact) mass is 287 g/mol. The van der Waals surface area contributed by atoms with Crippen molar-refractivity contribution in [2.24, 2.45) is 0 Å². The molecule has 5 heteroatoms. The largest absolute Gasteiger partial charge is 0.388 e. The molecule has 0 aromatic carbocycles. The molecule has 20 heavy (non-hydrogen) atoms. The van der Waals surface area contributed by atoms with Gasteiger partial charge in [0.25, 0.3) is 5.91 Å². The topological polar surface area (TPSA) is 45.2 Å². The molecule has 0 aliphatic heterocycles. The third-order valence-electron chi connectivity index (χ3n) is 3.42. The SMILES string of the molecule is CNc1ccnc(C(=O)N(Cc2cccs2)C2CC2)c1. The van der Waals surface area contributed by atoms with Crippen LogP contribution in [-0.4, -0.2) is 28.9 Å². The predicted octanol–water partition coefficient (Wildman–Crippen LogP) is 2.99. The Morgan fingerprint density at radius 3 is 3.00 bits per heavy atom. The fraction of sp³-hybridized carbons (Fsp3) is 0.333. The first-order valence-electron chi connectivity index (χ1n) is 6.75. The lowest BCUT2D eigenvalue weighted by Crippen LogP contribution is -2.32. The molecule has 0 spiro atoms. The Morgan fingerprint density at radius 1 is 1.50 bits per heavy atom. The van der Waals surface area contributed by atoms with Gasteiger partial charge in [0, 0.05) is 29.9 Å². The number of hydrogen-bond acceptors (Lipinski definition) is 4. The van der Waals surface area contributed by atoms with Crippen molar-refractivity contribution in [1.82, 2.24) is 9.88 Å². The number of thiophene rings is 1. The number of hydrogen-bond donors (Lipinski definition) is 1. The quantitative estimate of drug-likeness (QED) is 0.919. The number of carbonyl (C=O) groups excluding carboxylic acids is 1. The minimum Gasteiger partial charge on any atom is -0.388 e. The Hall–Kier alpha value is -1.88. The van der Waals surface area contributed by atoms with Crippen LogP contribution in [0.15, 0.2) is 35.8 Å². The van der Waals surface area contributed by atoms with E-state index in [1.165, 1.54) is 4.88 Å². The second-order valence-electron chi connectivity index (χ2n) is 4.92. The van der Waals surface area contributed by atoms with Gasteiger partial charge in [-0.25, -0.2) is 0 Å². The summed E-state index contributed by atoms with van der Waals surface area (Å²) in [6.45, 7) is 0.687. The molecular formula is C15H17N3OS. The van der Waals surface area contributed by atoms with Crippen molar-refractivity contribution in [3.63, 3.8) is 0 Å². The fourth-order valence-electron chi connectivity index (χ4n) is 2.17. The Morgan fingerprint density at radius 2 is 2.35 bits per heavy atom. The van der Waals surface area contributed by atoms with Crippen LogP contribution < -0.4 is 5.32 Å². The van der Waals surface area contributed by atoms with Crippen molar-refractivity contribution in [3.05, 3.63) is 46.4 Å². The van der Waals surface area contributed by atoms with Crippen LogP contribution in [0.3, 0.4) is 0 Å². The molecule has 3 rings (SSSR count). The van der Waals surface area contributed by atoms with Gasteiger partial charge >= 0.3 is 0 Å².